The first kappa shape index (κ1) is 15.4. The van der Waals surface area contributed by atoms with Gasteiger partial charge in [-0.25, -0.2) is 9.97 Å². The lowest BCUT2D eigenvalue weighted by Crippen LogP contribution is -2.03. The van der Waals surface area contributed by atoms with Gasteiger partial charge in [0, 0.05) is 29.5 Å². The Morgan fingerprint density at radius 2 is 1.78 bits per heavy atom. The van der Waals surface area contributed by atoms with Gasteiger partial charge in [0.2, 0.25) is 0 Å². The van der Waals surface area contributed by atoms with Crippen molar-refractivity contribution in [1.82, 2.24) is 15.0 Å². The van der Waals surface area contributed by atoms with Gasteiger partial charge in [-0.1, -0.05) is 6.07 Å². The normalized spacial score (nSPS) is 10.3. The summed E-state index contributed by atoms with van der Waals surface area (Å²) in [5, 5.41) is 6.57. The molecule has 2 heterocycles. The predicted molar refractivity (Wildman–Crippen MR) is 95.8 cm³/mol. The number of pyridine rings is 1. The van der Waals surface area contributed by atoms with Crippen LogP contribution < -0.4 is 10.6 Å². The third-order valence-corrected chi connectivity index (χ3v) is 3.93. The van der Waals surface area contributed by atoms with Crippen molar-refractivity contribution in [2.75, 3.05) is 10.6 Å². The van der Waals surface area contributed by atoms with Crippen molar-refractivity contribution in [2.45, 2.75) is 13.5 Å². The zero-order valence-electron chi connectivity index (χ0n) is 12.6. The van der Waals surface area contributed by atoms with Crippen molar-refractivity contribution >= 4 is 33.3 Å². The fourth-order valence-electron chi connectivity index (χ4n) is 2.08. The summed E-state index contributed by atoms with van der Waals surface area (Å²) < 4.78 is 1.00. The van der Waals surface area contributed by atoms with Crippen LogP contribution in [-0.4, -0.2) is 15.0 Å². The summed E-state index contributed by atoms with van der Waals surface area (Å²) in [4.78, 5) is 12.5. The van der Waals surface area contributed by atoms with Gasteiger partial charge in [-0.05, 0) is 58.2 Å². The molecule has 0 radical (unpaired) electrons. The largest absolute Gasteiger partial charge is 0.366 e. The van der Waals surface area contributed by atoms with Crippen molar-refractivity contribution < 1.29 is 0 Å². The van der Waals surface area contributed by atoms with Crippen LogP contribution in [0.4, 0.5) is 17.3 Å². The number of anilines is 3. The lowest BCUT2D eigenvalue weighted by Gasteiger charge is -2.10. The van der Waals surface area contributed by atoms with E-state index in [9.17, 15) is 0 Å². The molecule has 0 spiro atoms. The lowest BCUT2D eigenvalue weighted by atomic mass is 10.2. The highest BCUT2D eigenvalue weighted by molar-refractivity contribution is 9.10. The third-order valence-electron chi connectivity index (χ3n) is 3.28. The Kier molecular flexibility index (Phi) is 4.83. The van der Waals surface area contributed by atoms with Gasteiger partial charge in [-0.3, -0.25) is 4.98 Å². The Morgan fingerprint density at radius 3 is 2.57 bits per heavy atom. The summed E-state index contributed by atoms with van der Waals surface area (Å²) in [5.74, 6) is 1.50. The van der Waals surface area contributed by atoms with Crippen LogP contribution in [0.2, 0.25) is 0 Å². The molecule has 2 N–H and O–H groups in total. The Hall–Kier alpha value is -2.47. The fraction of sp³-hybridized carbons (Fsp3) is 0.118. The zero-order valence-corrected chi connectivity index (χ0v) is 14.2. The summed E-state index contributed by atoms with van der Waals surface area (Å²) in [7, 11) is 0. The van der Waals surface area contributed by atoms with Crippen LogP contribution in [0.15, 0.2) is 59.6 Å². The van der Waals surface area contributed by atoms with E-state index >= 15 is 0 Å². The molecule has 0 aliphatic rings. The minimum absolute atomic E-state index is 0.688. The molecule has 2 aromatic heterocycles. The predicted octanol–water partition coefficient (Wildman–Crippen LogP) is 4.30. The highest BCUT2D eigenvalue weighted by Gasteiger charge is 2.03. The molecule has 1 aromatic carbocycles. The SMILES string of the molecule is Cc1ccc(Nc2cc(NCc3ccncc3)ncn2)c(Br)c1. The van der Waals surface area contributed by atoms with Crippen molar-refractivity contribution in [3.05, 3.63) is 70.7 Å². The maximum atomic E-state index is 4.26. The maximum absolute atomic E-state index is 4.26. The molecule has 0 fully saturated rings. The number of aromatic nitrogens is 3. The Labute approximate surface area is 143 Å². The van der Waals surface area contributed by atoms with E-state index in [1.807, 2.05) is 24.3 Å². The van der Waals surface area contributed by atoms with Crippen LogP contribution in [0, 0.1) is 6.92 Å². The number of benzene rings is 1. The number of halogens is 1. The van der Waals surface area contributed by atoms with E-state index in [1.165, 1.54) is 5.56 Å². The van der Waals surface area contributed by atoms with Crippen LogP contribution in [0.5, 0.6) is 0 Å². The molecule has 0 unspecified atom stereocenters. The Balaban J connectivity index is 1.69. The molecule has 0 aliphatic carbocycles. The van der Waals surface area contributed by atoms with Crippen molar-refractivity contribution in [3.8, 4) is 0 Å². The van der Waals surface area contributed by atoms with Gasteiger partial charge < -0.3 is 10.6 Å². The second-order valence-corrected chi connectivity index (χ2v) is 5.96. The average molecular weight is 370 g/mol. The van der Waals surface area contributed by atoms with Crippen LogP contribution in [0.3, 0.4) is 0 Å². The van der Waals surface area contributed by atoms with E-state index < -0.39 is 0 Å². The van der Waals surface area contributed by atoms with Crippen LogP contribution in [-0.2, 0) is 6.54 Å². The van der Waals surface area contributed by atoms with Gasteiger partial charge in [0.15, 0.2) is 0 Å². The van der Waals surface area contributed by atoms with Crippen molar-refractivity contribution in [2.24, 2.45) is 0 Å². The van der Waals surface area contributed by atoms with Crippen molar-refractivity contribution in [3.63, 3.8) is 0 Å². The summed E-state index contributed by atoms with van der Waals surface area (Å²) in [6.45, 7) is 2.74. The lowest BCUT2D eigenvalue weighted by molar-refractivity contribution is 1.07. The van der Waals surface area contributed by atoms with Gasteiger partial charge in [0.25, 0.3) is 0 Å². The first-order valence-electron chi connectivity index (χ1n) is 7.19. The smallest absolute Gasteiger partial charge is 0.135 e. The summed E-state index contributed by atoms with van der Waals surface area (Å²) >= 11 is 3.56. The third kappa shape index (κ3) is 4.26. The summed E-state index contributed by atoms with van der Waals surface area (Å²) in [6.07, 6.45) is 5.09. The number of rotatable bonds is 5. The number of hydrogen-bond donors (Lipinski definition) is 2. The first-order chi connectivity index (χ1) is 11.2. The fourth-order valence-corrected chi connectivity index (χ4v) is 2.67. The minimum Gasteiger partial charge on any atom is -0.366 e. The van der Waals surface area contributed by atoms with Crippen LogP contribution in [0.1, 0.15) is 11.1 Å². The molecule has 6 heteroatoms. The Bertz CT molecular complexity index is 792. The summed E-state index contributed by atoms with van der Waals surface area (Å²) in [6, 6.07) is 12.0. The molecule has 0 bridgehead atoms. The van der Waals surface area contributed by atoms with E-state index in [0.717, 1.165) is 27.4 Å². The quantitative estimate of drug-likeness (QED) is 0.701. The molecular weight excluding hydrogens is 354 g/mol. The number of nitrogens with one attached hydrogen (secondary N) is 2. The molecule has 0 aliphatic heterocycles. The van der Waals surface area contributed by atoms with Gasteiger partial charge >= 0.3 is 0 Å². The number of hydrogen-bond acceptors (Lipinski definition) is 5. The van der Waals surface area contributed by atoms with E-state index in [-0.39, 0.29) is 0 Å². The zero-order chi connectivity index (χ0) is 16.1. The van der Waals surface area contributed by atoms with E-state index in [4.69, 9.17) is 0 Å². The van der Waals surface area contributed by atoms with Gasteiger partial charge in [0.1, 0.15) is 18.0 Å². The van der Waals surface area contributed by atoms with E-state index in [1.54, 1.807) is 18.7 Å². The van der Waals surface area contributed by atoms with Gasteiger partial charge in [-0.15, -0.1) is 0 Å². The highest BCUT2D eigenvalue weighted by Crippen LogP contribution is 2.26. The second-order valence-electron chi connectivity index (χ2n) is 5.11. The molecule has 116 valence electrons. The molecule has 0 atom stereocenters. The highest BCUT2D eigenvalue weighted by atomic mass is 79.9. The molecule has 5 nitrogen and oxygen atoms in total. The second kappa shape index (κ2) is 7.19. The minimum atomic E-state index is 0.688. The maximum Gasteiger partial charge on any atom is 0.135 e. The molecule has 3 aromatic rings. The Morgan fingerprint density at radius 1 is 1.00 bits per heavy atom. The molecule has 0 saturated carbocycles. The first-order valence-corrected chi connectivity index (χ1v) is 7.98. The van der Waals surface area contributed by atoms with Gasteiger partial charge in [0.05, 0.1) is 5.69 Å². The molecular formula is C17H16BrN5. The monoisotopic (exact) mass is 369 g/mol. The van der Waals surface area contributed by atoms with Crippen LogP contribution >= 0.6 is 15.9 Å². The molecule has 0 amide bonds. The number of nitrogens with zero attached hydrogens (tertiary/aromatic N) is 3. The van der Waals surface area contributed by atoms with Crippen LogP contribution in [0.25, 0.3) is 0 Å². The molecule has 3 rings (SSSR count). The standard InChI is InChI=1S/C17H16BrN5/c1-12-2-3-15(14(18)8-12)23-17-9-16(21-11-22-17)20-10-13-4-6-19-7-5-13/h2-9,11H,10H2,1H3,(H2,20,21,22,23). The topological polar surface area (TPSA) is 62.7 Å². The average Bonchev–Trinajstić information content (AvgIpc) is 2.57. The number of aryl methyl sites for hydroxylation is 1. The molecule has 0 saturated heterocycles. The van der Waals surface area contributed by atoms with E-state index in [0.29, 0.717) is 6.54 Å². The van der Waals surface area contributed by atoms with E-state index in [2.05, 4.69) is 60.6 Å². The molecule has 23 heavy (non-hydrogen) atoms. The van der Waals surface area contributed by atoms with Gasteiger partial charge in [-0.2, -0.15) is 0 Å². The summed E-state index contributed by atoms with van der Waals surface area (Å²) in [5.41, 5.74) is 3.31. The van der Waals surface area contributed by atoms with Crippen molar-refractivity contribution in [1.29, 1.82) is 0 Å².